The van der Waals surface area contributed by atoms with Crippen LogP contribution < -0.4 is 0 Å². The van der Waals surface area contributed by atoms with Gasteiger partial charge in [-0.15, -0.1) is 0 Å². The summed E-state index contributed by atoms with van der Waals surface area (Å²) in [5.41, 5.74) is 0.186. The van der Waals surface area contributed by atoms with Crippen molar-refractivity contribution in [3.63, 3.8) is 0 Å². The van der Waals surface area contributed by atoms with Crippen molar-refractivity contribution in [3.05, 3.63) is 35.0 Å². The highest BCUT2D eigenvalue weighted by molar-refractivity contribution is 7.90. The predicted molar refractivity (Wildman–Crippen MR) is 67.0 cm³/mol. The summed E-state index contributed by atoms with van der Waals surface area (Å²) < 4.78 is 28.0. The maximum absolute atomic E-state index is 11.7. The third-order valence-corrected chi connectivity index (χ3v) is 3.81. The molecule has 1 N–H and O–H groups in total. The van der Waals surface area contributed by atoms with Crippen molar-refractivity contribution < 1.29 is 22.8 Å². The van der Waals surface area contributed by atoms with Crippen molar-refractivity contribution in [2.24, 2.45) is 0 Å². The fraction of sp³-hybridized carbons (Fsp3) is 0.0909. The molecule has 0 saturated carbocycles. The van der Waals surface area contributed by atoms with Crippen LogP contribution >= 0.6 is 11.6 Å². The number of carbonyl (C=O) groups is 1. The van der Waals surface area contributed by atoms with Gasteiger partial charge in [0.1, 0.15) is 5.69 Å². The summed E-state index contributed by atoms with van der Waals surface area (Å²) in [4.78, 5) is 10.7. The number of hydrogen-bond acceptors (Lipinski definition) is 5. The van der Waals surface area contributed by atoms with Crippen molar-refractivity contribution in [2.45, 2.75) is 4.90 Å². The van der Waals surface area contributed by atoms with Crippen LogP contribution in [0.2, 0.25) is 5.02 Å². The average Bonchev–Trinajstić information content (AvgIpc) is 2.76. The fourth-order valence-electron chi connectivity index (χ4n) is 1.56. The van der Waals surface area contributed by atoms with Gasteiger partial charge in [0.25, 0.3) is 0 Å². The Balaban J connectivity index is 2.70. The SMILES string of the molecule is CS(=O)(=O)c1cccc(Cl)c1-c1cc(C(=O)O)on1. The summed E-state index contributed by atoms with van der Waals surface area (Å²) in [5.74, 6) is -1.69. The molecule has 0 fully saturated rings. The number of carboxylic acid groups (broad SMARTS) is 1. The zero-order chi connectivity index (χ0) is 14.2. The number of halogens is 1. The Labute approximate surface area is 113 Å². The van der Waals surface area contributed by atoms with Gasteiger partial charge in [0.15, 0.2) is 9.84 Å². The molecule has 100 valence electrons. The van der Waals surface area contributed by atoms with Crippen molar-refractivity contribution in [2.75, 3.05) is 6.26 Å². The molecule has 0 aliphatic heterocycles. The molecule has 1 heterocycles. The second-order valence-electron chi connectivity index (χ2n) is 3.77. The van der Waals surface area contributed by atoms with Crippen LogP contribution in [0.1, 0.15) is 10.6 Å². The van der Waals surface area contributed by atoms with Gasteiger partial charge in [-0.2, -0.15) is 0 Å². The van der Waals surface area contributed by atoms with Crippen molar-refractivity contribution in [1.29, 1.82) is 0 Å². The molecule has 6 nitrogen and oxygen atoms in total. The highest BCUT2D eigenvalue weighted by atomic mass is 35.5. The molecule has 19 heavy (non-hydrogen) atoms. The van der Waals surface area contributed by atoms with Crippen LogP contribution in [-0.2, 0) is 9.84 Å². The number of hydrogen-bond donors (Lipinski definition) is 1. The molecule has 0 unspecified atom stereocenters. The zero-order valence-electron chi connectivity index (χ0n) is 9.62. The van der Waals surface area contributed by atoms with E-state index in [-0.39, 0.29) is 21.2 Å². The first-order valence-electron chi connectivity index (χ1n) is 4.99. The molecule has 0 spiro atoms. The van der Waals surface area contributed by atoms with E-state index < -0.39 is 21.6 Å². The Hall–Kier alpha value is -1.86. The Morgan fingerprint density at radius 3 is 2.63 bits per heavy atom. The van der Waals surface area contributed by atoms with Crippen LogP contribution in [0.15, 0.2) is 33.7 Å². The van der Waals surface area contributed by atoms with E-state index in [0.717, 1.165) is 12.3 Å². The summed E-state index contributed by atoms with van der Waals surface area (Å²) in [6.07, 6.45) is 1.03. The van der Waals surface area contributed by atoms with Crippen molar-refractivity contribution in [1.82, 2.24) is 5.16 Å². The molecule has 8 heteroatoms. The number of benzene rings is 1. The van der Waals surface area contributed by atoms with Gasteiger partial charge >= 0.3 is 5.97 Å². The highest BCUT2D eigenvalue weighted by Crippen LogP contribution is 2.33. The standard InChI is InChI=1S/C11H8ClNO5S/c1-19(16,17)9-4-2-3-6(12)10(9)7-5-8(11(14)15)18-13-7/h2-5H,1H3,(H,14,15). The predicted octanol–water partition coefficient (Wildman–Crippen LogP) is 2.10. The third-order valence-electron chi connectivity index (χ3n) is 2.35. The average molecular weight is 302 g/mol. The normalized spacial score (nSPS) is 11.5. The lowest BCUT2D eigenvalue weighted by molar-refractivity contribution is 0.0652. The van der Waals surface area contributed by atoms with E-state index in [4.69, 9.17) is 16.7 Å². The van der Waals surface area contributed by atoms with E-state index >= 15 is 0 Å². The van der Waals surface area contributed by atoms with Crippen LogP contribution in [0.5, 0.6) is 0 Å². The van der Waals surface area contributed by atoms with E-state index in [1.54, 1.807) is 0 Å². The molecule has 2 aromatic rings. The molecule has 1 aromatic carbocycles. The van der Waals surface area contributed by atoms with Gasteiger partial charge in [0.05, 0.1) is 9.92 Å². The van der Waals surface area contributed by atoms with Gasteiger partial charge < -0.3 is 9.63 Å². The molecule has 0 radical (unpaired) electrons. The smallest absolute Gasteiger partial charge is 0.374 e. The van der Waals surface area contributed by atoms with Gasteiger partial charge in [0.2, 0.25) is 5.76 Å². The van der Waals surface area contributed by atoms with Crippen LogP contribution in [-0.4, -0.2) is 30.9 Å². The largest absolute Gasteiger partial charge is 0.475 e. The van der Waals surface area contributed by atoms with E-state index in [2.05, 4.69) is 9.68 Å². The molecule has 2 rings (SSSR count). The molecule has 0 aliphatic rings. The minimum atomic E-state index is -3.53. The van der Waals surface area contributed by atoms with Gasteiger partial charge in [-0.3, -0.25) is 0 Å². The zero-order valence-corrected chi connectivity index (χ0v) is 11.2. The number of aromatic carboxylic acids is 1. The van der Waals surface area contributed by atoms with Gasteiger partial charge in [-0.25, -0.2) is 13.2 Å². The Bertz CT molecular complexity index is 750. The van der Waals surface area contributed by atoms with E-state index in [1.807, 2.05) is 0 Å². The summed E-state index contributed by atoms with van der Waals surface area (Å²) in [6, 6.07) is 5.46. The van der Waals surface area contributed by atoms with Crippen LogP contribution in [0.25, 0.3) is 11.3 Å². The number of sulfone groups is 1. The molecule has 1 aromatic heterocycles. The lowest BCUT2D eigenvalue weighted by Gasteiger charge is -2.06. The topological polar surface area (TPSA) is 97.5 Å². The van der Waals surface area contributed by atoms with E-state index in [9.17, 15) is 13.2 Å². The second-order valence-corrected chi connectivity index (χ2v) is 6.16. The maximum atomic E-state index is 11.7. The van der Waals surface area contributed by atoms with E-state index in [0.29, 0.717) is 0 Å². The summed E-state index contributed by atoms with van der Waals surface area (Å²) in [5, 5.41) is 12.4. The summed E-state index contributed by atoms with van der Waals surface area (Å²) >= 11 is 5.97. The lowest BCUT2D eigenvalue weighted by Crippen LogP contribution is -2.00. The Morgan fingerprint density at radius 2 is 2.11 bits per heavy atom. The Kier molecular flexibility index (Phi) is 3.34. The molecule has 0 amide bonds. The first kappa shape index (κ1) is 13.6. The van der Waals surface area contributed by atoms with Crippen molar-refractivity contribution >= 4 is 27.4 Å². The summed E-state index contributed by atoms with van der Waals surface area (Å²) in [7, 11) is -3.53. The molecular formula is C11H8ClNO5S. The van der Waals surface area contributed by atoms with Gasteiger partial charge in [-0.1, -0.05) is 22.8 Å². The molecular weight excluding hydrogens is 294 g/mol. The number of rotatable bonds is 3. The number of carboxylic acids is 1. The number of nitrogens with zero attached hydrogens (tertiary/aromatic N) is 1. The van der Waals surface area contributed by atoms with Crippen LogP contribution in [0.4, 0.5) is 0 Å². The van der Waals surface area contributed by atoms with Crippen molar-refractivity contribution in [3.8, 4) is 11.3 Å². The second kappa shape index (κ2) is 4.67. The van der Waals surface area contributed by atoms with Crippen LogP contribution in [0.3, 0.4) is 0 Å². The number of aromatic nitrogens is 1. The molecule has 0 atom stereocenters. The lowest BCUT2D eigenvalue weighted by atomic mass is 10.1. The maximum Gasteiger partial charge on any atom is 0.374 e. The first-order chi connectivity index (χ1) is 8.80. The highest BCUT2D eigenvalue weighted by Gasteiger charge is 2.21. The fourth-order valence-corrected chi connectivity index (χ4v) is 2.79. The minimum absolute atomic E-state index is 0.0368. The summed E-state index contributed by atoms with van der Waals surface area (Å²) in [6.45, 7) is 0. The molecule has 0 aliphatic carbocycles. The molecule has 0 bridgehead atoms. The van der Waals surface area contributed by atoms with Crippen LogP contribution in [0, 0.1) is 0 Å². The third kappa shape index (κ3) is 2.61. The monoisotopic (exact) mass is 301 g/mol. The van der Waals surface area contributed by atoms with E-state index in [1.165, 1.54) is 18.2 Å². The van der Waals surface area contributed by atoms with Gasteiger partial charge in [-0.05, 0) is 12.1 Å². The first-order valence-corrected chi connectivity index (χ1v) is 7.26. The quantitative estimate of drug-likeness (QED) is 0.932. The Morgan fingerprint density at radius 1 is 1.42 bits per heavy atom. The van der Waals surface area contributed by atoms with Gasteiger partial charge in [0, 0.05) is 17.9 Å². The molecule has 0 saturated heterocycles. The minimum Gasteiger partial charge on any atom is -0.475 e.